The molecule has 0 saturated carbocycles. The van der Waals surface area contributed by atoms with Crippen molar-refractivity contribution in [3.8, 4) is 16.8 Å². The van der Waals surface area contributed by atoms with E-state index in [9.17, 15) is 14.4 Å². The van der Waals surface area contributed by atoms with Crippen molar-refractivity contribution in [1.82, 2.24) is 24.5 Å². The zero-order valence-corrected chi connectivity index (χ0v) is 16.7. The second kappa shape index (κ2) is 7.20. The molecule has 3 heterocycles. The van der Waals surface area contributed by atoms with Crippen molar-refractivity contribution in [1.29, 1.82) is 0 Å². The van der Waals surface area contributed by atoms with E-state index in [1.807, 2.05) is 25.4 Å². The van der Waals surface area contributed by atoms with Gasteiger partial charge in [-0.15, -0.1) is 0 Å². The molecule has 158 valence electrons. The number of carbonyl (C=O) groups is 1. The Morgan fingerprint density at radius 1 is 1.00 bits per heavy atom. The summed E-state index contributed by atoms with van der Waals surface area (Å²) in [4.78, 5) is 39.1. The summed E-state index contributed by atoms with van der Waals surface area (Å²) in [5.41, 5.74) is 2.40. The molecule has 5 aromatic rings. The predicted molar refractivity (Wildman–Crippen MR) is 119 cm³/mol. The Kier molecular flexibility index (Phi) is 4.33. The number of H-pyrrole nitrogens is 1. The fraction of sp³-hybridized carbons (Fsp3) is 0.0455. The molecule has 0 radical (unpaired) electrons. The molecule has 10 nitrogen and oxygen atoms in total. The summed E-state index contributed by atoms with van der Waals surface area (Å²) in [6.45, 7) is 0. The van der Waals surface area contributed by atoms with Crippen LogP contribution in [0.5, 0.6) is 0 Å². The van der Waals surface area contributed by atoms with Gasteiger partial charge < -0.3 is 10.1 Å². The van der Waals surface area contributed by atoms with E-state index < -0.39 is 11.7 Å². The molecule has 0 bridgehead atoms. The number of aryl methyl sites for hydroxylation is 1. The van der Waals surface area contributed by atoms with Gasteiger partial charge in [0.1, 0.15) is 5.52 Å². The van der Waals surface area contributed by atoms with E-state index in [0.29, 0.717) is 28.0 Å². The fourth-order valence-electron chi connectivity index (χ4n) is 3.66. The maximum absolute atomic E-state index is 13.5. The number of nitrogens with zero attached hydrogens (tertiary/aromatic N) is 4. The lowest BCUT2D eigenvalue weighted by Gasteiger charge is -2.11. The molecule has 0 aliphatic heterocycles. The Morgan fingerprint density at radius 2 is 1.75 bits per heavy atom. The molecule has 10 heteroatoms. The van der Waals surface area contributed by atoms with Crippen LogP contribution in [0, 0.1) is 0 Å². The number of pyridine rings is 1. The van der Waals surface area contributed by atoms with Gasteiger partial charge in [0.2, 0.25) is 5.56 Å². The maximum Gasteiger partial charge on any atom is 0.409 e. The van der Waals surface area contributed by atoms with E-state index in [2.05, 4.69) is 20.5 Å². The number of carboxylic acid groups (broad SMARTS) is 1. The van der Waals surface area contributed by atoms with Crippen LogP contribution in [0.15, 0.2) is 70.4 Å². The Bertz CT molecular complexity index is 1630. The minimum Gasteiger partial charge on any atom is -0.465 e. The van der Waals surface area contributed by atoms with Crippen LogP contribution in [-0.2, 0) is 7.05 Å². The summed E-state index contributed by atoms with van der Waals surface area (Å²) in [6.07, 6.45) is 0.655. The molecular weight excluding hydrogens is 412 g/mol. The molecule has 3 N–H and O–H groups in total. The number of hydrogen-bond donors (Lipinski definition) is 3. The molecular formula is C22H16N6O4. The minimum atomic E-state index is -1.19. The molecule has 0 saturated heterocycles. The van der Waals surface area contributed by atoms with Gasteiger partial charge in [-0.3, -0.25) is 19.6 Å². The summed E-state index contributed by atoms with van der Waals surface area (Å²) < 4.78 is 2.97. The lowest BCUT2D eigenvalue weighted by Crippen LogP contribution is -2.24. The molecule has 5 rings (SSSR count). The highest BCUT2D eigenvalue weighted by atomic mass is 16.4. The monoisotopic (exact) mass is 428 g/mol. The zero-order valence-electron chi connectivity index (χ0n) is 16.7. The molecule has 1 amide bonds. The van der Waals surface area contributed by atoms with Gasteiger partial charge in [0.05, 0.1) is 22.3 Å². The lowest BCUT2D eigenvalue weighted by molar-refractivity contribution is 0.210. The van der Waals surface area contributed by atoms with E-state index in [1.165, 1.54) is 10.7 Å². The molecule has 0 aliphatic carbocycles. The smallest absolute Gasteiger partial charge is 0.409 e. The first-order valence-electron chi connectivity index (χ1n) is 9.59. The molecule has 0 spiro atoms. The number of anilines is 1. The number of rotatable bonds is 3. The first kappa shape index (κ1) is 19.2. The van der Waals surface area contributed by atoms with E-state index >= 15 is 0 Å². The molecule has 0 fully saturated rings. The molecule has 0 unspecified atom stereocenters. The quantitative estimate of drug-likeness (QED) is 0.404. The van der Waals surface area contributed by atoms with Crippen LogP contribution in [0.3, 0.4) is 0 Å². The van der Waals surface area contributed by atoms with Crippen LogP contribution >= 0.6 is 0 Å². The topological polar surface area (TPSA) is 135 Å². The second-order valence-corrected chi connectivity index (χ2v) is 7.23. The summed E-state index contributed by atoms with van der Waals surface area (Å²) >= 11 is 0. The third-order valence-corrected chi connectivity index (χ3v) is 5.03. The first-order valence-corrected chi connectivity index (χ1v) is 9.59. The van der Waals surface area contributed by atoms with Crippen molar-refractivity contribution >= 4 is 33.7 Å². The summed E-state index contributed by atoms with van der Waals surface area (Å²) in [6, 6.07) is 14.6. The molecule has 32 heavy (non-hydrogen) atoms. The van der Waals surface area contributed by atoms with Gasteiger partial charge >= 0.3 is 6.09 Å². The number of nitrogens with one attached hydrogen (secondary N) is 2. The number of aromatic amines is 1. The SMILES string of the molecule is Cn1cc2cc(-n3nc4ccc(=O)[nH]c4c(-c4ccc(NC(=O)O)cc4)c3=O)ccc2n1. The Hall–Kier alpha value is -4.73. The van der Waals surface area contributed by atoms with Crippen LogP contribution in [0.1, 0.15) is 0 Å². The van der Waals surface area contributed by atoms with Crippen molar-refractivity contribution in [3.63, 3.8) is 0 Å². The lowest BCUT2D eigenvalue weighted by atomic mass is 10.1. The van der Waals surface area contributed by atoms with Crippen molar-refractivity contribution in [2.24, 2.45) is 7.05 Å². The third-order valence-electron chi connectivity index (χ3n) is 5.03. The highest BCUT2D eigenvalue weighted by Crippen LogP contribution is 2.25. The maximum atomic E-state index is 13.5. The van der Waals surface area contributed by atoms with Crippen LogP contribution in [-0.4, -0.2) is 35.7 Å². The van der Waals surface area contributed by atoms with Gasteiger partial charge in [-0.1, -0.05) is 12.1 Å². The summed E-state index contributed by atoms with van der Waals surface area (Å²) in [7, 11) is 1.82. The third kappa shape index (κ3) is 3.29. The fourth-order valence-corrected chi connectivity index (χ4v) is 3.66. The number of aromatic nitrogens is 5. The van der Waals surface area contributed by atoms with Crippen LogP contribution < -0.4 is 16.4 Å². The van der Waals surface area contributed by atoms with Gasteiger partial charge in [0, 0.05) is 30.4 Å². The van der Waals surface area contributed by atoms with Crippen LogP contribution in [0.2, 0.25) is 0 Å². The Balaban J connectivity index is 1.76. The van der Waals surface area contributed by atoms with E-state index in [1.54, 1.807) is 41.1 Å². The minimum absolute atomic E-state index is 0.251. The highest BCUT2D eigenvalue weighted by Gasteiger charge is 2.16. The highest BCUT2D eigenvalue weighted by molar-refractivity contribution is 5.91. The van der Waals surface area contributed by atoms with Crippen LogP contribution in [0.4, 0.5) is 10.5 Å². The van der Waals surface area contributed by atoms with E-state index in [4.69, 9.17) is 5.11 Å². The van der Waals surface area contributed by atoms with Crippen molar-refractivity contribution in [3.05, 3.63) is 81.5 Å². The Labute approximate surface area is 179 Å². The van der Waals surface area contributed by atoms with E-state index in [0.717, 1.165) is 10.9 Å². The molecule has 0 atom stereocenters. The first-order chi connectivity index (χ1) is 15.4. The van der Waals surface area contributed by atoms with Gasteiger partial charge in [0.15, 0.2) is 0 Å². The normalized spacial score (nSPS) is 11.2. The van der Waals surface area contributed by atoms with Crippen molar-refractivity contribution in [2.75, 3.05) is 5.32 Å². The second-order valence-electron chi connectivity index (χ2n) is 7.23. The largest absolute Gasteiger partial charge is 0.465 e. The van der Waals surface area contributed by atoms with Crippen LogP contribution in [0.25, 0.3) is 38.8 Å². The van der Waals surface area contributed by atoms with Gasteiger partial charge in [0.25, 0.3) is 5.56 Å². The molecule has 2 aromatic carbocycles. The standard InChI is InChI=1S/C22H16N6O4/c1-27-11-13-10-15(6-7-16(13)25-27)28-21(30)19(20-17(26-28)8-9-18(29)24-20)12-2-4-14(5-3-12)23-22(31)32/h2-11,23H,1H3,(H,24,29)(H,31,32). The number of hydrogen-bond acceptors (Lipinski definition) is 5. The predicted octanol–water partition coefficient (Wildman–Crippen LogP) is 2.72. The van der Waals surface area contributed by atoms with Crippen molar-refractivity contribution in [2.45, 2.75) is 0 Å². The van der Waals surface area contributed by atoms with Crippen molar-refractivity contribution < 1.29 is 9.90 Å². The number of fused-ring (bicyclic) bond motifs is 2. The molecule has 3 aromatic heterocycles. The number of benzene rings is 2. The average Bonchev–Trinajstić information content (AvgIpc) is 3.13. The molecule has 0 aliphatic rings. The summed E-state index contributed by atoms with van der Waals surface area (Å²) in [5.74, 6) is 0. The van der Waals surface area contributed by atoms with Gasteiger partial charge in [-0.05, 0) is 42.0 Å². The van der Waals surface area contributed by atoms with E-state index in [-0.39, 0.29) is 11.1 Å². The number of amides is 1. The van der Waals surface area contributed by atoms with Gasteiger partial charge in [-0.2, -0.15) is 14.9 Å². The summed E-state index contributed by atoms with van der Waals surface area (Å²) in [5, 5.41) is 20.8. The van der Waals surface area contributed by atoms with Gasteiger partial charge in [-0.25, -0.2) is 4.79 Å². The average molecular weight is 428 g/mol. The Morgan fingerprint density at radius 3 is 2.50 bits per heavy atom. The zero-order chi connectivity index (χ0) is 22.4.